The summed E-state index contributed by atoms with van der Waals surface area (Å²) in [5.74, 6) is -0.287. The zero-order valence-corrected chi connectivity index (χ0v) is 11.7. The Balaban J connectivity index is 2.40. The van der Waals surface area contributed by atoms with Gasteiger partial charge in [0.05, 0.1) is 17.6 Å². The van der Waals surface area contributed by atoms with Crippen LogP contribution < -0.4 is 0 Å². The first-order chi connectivity index (χ1) is 9.47. The van der Waals surface area contributed by atoms with Crippen LogP contribution in [0.3, 0.4) is 0 Å². The van der Waals surface area contributed by atoms with Gasteiger partial charge in [0.25, 0.3) is 5.91 Å². The zero-order valence-electron chi connectivity index (χ0n) is 11.0. The highest BCUT2D eigenvalue weighted by atomic mass is 35.5. The largest absolute Gasteiger partial charge is 0.394 e. The van der Waals surface area contributed by atoms with E-state index in [9.17, 15) is 20.0 Å². The summed E-state index contributed by atoms with van der Waals surface area (Å²) in [4.78, 5) is 24.4. The minimum Gasteiger partial charge on any atom is -0.394 e. The van der Waals surface area contributed by atoms with Crippen molar-refractivity contribution in [3.05, 3.63) is 38.9 Å². The van der Waals surface area contributed by atoms with Crippen molar-refractivity contribution in [2.45, 2.75) is 19.4 Å². The van der Waals surface area contributed by atoms with Gasteiger partial charge in [0.2, 0.25) is 0 Å². The van der Waals surface area contributed by atoms with Gasteiger partial charge in [-0.2, -0.15) is 0 Å². The predicted octanol–water partition coefficient (Wildman–Crippen LogP) is 2.09. The average Bonchev–Trinajstić information content (AvgIpc) is 2.78. The number of halogens is 1. The normalized spacial score (nSPS) is 22.1. The van der Waals surface area contributed by atoms with Gasteiger partial charge in [-0.15, -0.1) is 0 Å². The van der Waals surface area contributed by atoms with Crippen molar-refractivity contribution in [3.63, 3.8) is 0 Å². The molecule has 0 aliphatic carbocycles. The zero-order chi connectivity index (χ0) is 14.9. The Hall–Kier alpha value is -1.66. The number of carbonyl (C=O) groups excluding carboxylic acids is 1. The molecular formula is C13H15ClN2O4. The van der Waals surface area contributed by atoms with Crippen molar-refractivity contribution >= 4 is 23.2 Å². The van der Waals surface area contributed by atoms with Gasteiger partial charge < -0.3 is 10.0 Å². The average molecular weight is 299 g/mol. The highest BCUT2D eigenvalue weighted by molar-refractivity contribution is 6.33. The summed E-state index contributed by atoms with van der Waals surface area (Å²) in [6.45, 7) is 2.27. The lowest BCUT2D eigenvalue weighted by molar-refractivity contribution is -0.385. The lowest BCUT2D eigenvalue weighted by Gasteiger charge is -2.25. The molecule has 1 heterocycles. The summed E-state index contributed by atoms with van der Waals surface area (Å²) in [5, 5.41) is 20.4. The molecule has 1 N–H and O–H groups in total. The Kier molecular flexibility index (Phi) is 4.25. The topological polar surface area (TPSA) is 83.7 Å². The van der Waals surface area contributed by atoms with E-state index in [1.807, 2.05) is 6.92 Å². The third-order valence-corrected chi connectivity index (χ3v) is 4.04. The van der Waals surface area contributed by atoms with Crippen molar-refractivity contribution in [2.75, 3.05) is 13.2 Å². The number of aliphatic hydroxyl groups excluding tert-OH is 1. The van der Waals surface area contributed by atoms with Crippen LogP contribution in [-0.4, -0.2) is 40.0 Å². The van der Waals surface area contributed by atoms with Crippen LogP contribution in [0.4, 0.5) is 5.69 Å². The predicted molar refractivity (Wildman–Crippen MR) is 73.8 cm³/mol. The van der Waals surface area contributed by atoms with Gasteiger partial charge in [0.1, 0.15) is 10.6 Å². The first-order valence-electron chi connectivity index (χ1n) is 6.32. The van der Waals surface area contributed by atoms with Crippen LogP contribution in [-0.2, 0) is 0 Å². The molecule has 108 valence electrons. The molecule has 20 heavy (non-hydrogen) atoms. The molecule has 0 aromatic heterocycles. The molecule has 1 fully saturated rings. The van der Waals surface area contributed by atoms with E-state index >= 15 is 0 Å². The summed E-state index contributed by atoms with van der Waals surface area (Å²) in [6.07, 6.45) is 0.769. The number of carbonyl (C=O) groups is 1. The Morgan fingerprint density at radius 1 is 1.60 bits per heavy atom. The molecule has 2 rings (SSSR count). The summed E-state index contributed by atoms with van der Waals surface area (Å²) >= 11 is 5.81. The van der Waals surface area contributed by atoms with E-state index in [-0.39, 0.29) is 34.8 Å². The Labute approximate surface area is 121 Å². The fraction of sp³-hybridized carbons (Fsp3) is 0.462. The fourth-order valence-corrected chi connectivity index (χ4v) is 2.81. The van der Waals surface area contributed by atoms with Gasteiger partial charge in [-0.05, 0) is 24.5 Å². The van der Waals surface area contributed by atoms with Crippen molar-refractivity contribution in [2.24, 2.45) is 5.92 Å². The number of rotatable bonds is 3. The van der Waals surface area contributed by atoms with Crippen LogP contribution in [0.1, 0.15) is 23.7 Å². The molecule has 0 saturated carbocycles. The number of nitro groups is 1. The molecule has 0 bridgehead atoms. The van der Waals surface area contributed by atoms with Crippen molar-refractivity contribution in [1.29, 1.82) is 0 Å². The monoisotopic (exact) mass is 298 g/mol. The van der Waals surface area contributed by atoms with E-state index < -0.39 is 10.8 Å². The second kappa shape index (κ2) is 5.76. The van der Waals surface area contributed by atoms with Crippen molar-refractivity contribution in [1.82, 2.24) is 4.90 Å². The molecule has 1 amide bonds. The number of likely N-dealkylation sites (tertiary alicyclic amines) is 1. The minimum absolute atomic E-state index is 0.0324. The highest BCUT2D eigenvalue weighted by Gasteiger charge is 2.37. The van der Waals surface area contributed by atoms with Crippen LogP contribution in [0.5, 0.6) is 0 Å². The number of hydrogen-bond donors (Lipinski definition) is 1. The number of hydrogen-bond acceptors (Lipinski definition) is 4. The minimum atomic E-state index is -0.650. The Bertz CT molecular complexity index is 549. The molecule has 1 aromatic carbocycles. The molecule has 2 unspecified atom stereocenters. The van der Waals surface area contributed by atoms with Gasteiger partial charge in [-0.3, -0.25) is 14.9 Å². The number of benzene rings is 1. The number of nitrogens with zero attached hydrogens (tertiary/aromatic N) is 2. The number of aliphatic hydroxyl groups is 1. The lowest BCUT2D eigenvalue weighted by atomic mass is 10.0. The van der Waals surface area contributed by atoms with Crippen molar-refractivity contribution < 1.29 is 14.8 Å². The maximum Gasteiger partial charge on any atom is 0.300 e. The maximum absolute atomic E-state index is 12.5. The summed E-state index contributed by atoms with van der Waals surface area (Å²) in [5.41, 5.74) is -0.412. The molecular weight excluding hydrogens is 284 g/mol. The molecule has 2 atom stereocenters. The fourth-order valence-electron chi connectivity index (χ4n) is 2.57. The molecule has 0 radical (unpaired) electrons. The van der Waals surface area contributed by atoms with E-state index in [1.165, 1.54) is 23.1 Å². The molecule has 1 aliphatic heterocycles. The van der Waals surface area contributed by atoms with Crippen LogP contribution in [0.15, 0.2) is 18.2 Å². The van der Waals surface area contributed by atoms with Gasteiger partial charge in [0.15, 0.2) is 0 Å². The first-order valence-corrected chi connectivity index (χ1v) is 6.70. The number of amides is 1. The van der Waals surface area contributed by atoms with Crippen LogP contribution >= 0.6 is 11.6 Å². The van der Waals surface area contributed by atoms with Crippen LogP contribution in [0.2, 0.25) is 5.02 Å². The number of nitro benzene ring substituents is 1. The van der Waals surface area contributed by atoms with Gasteiger partial charge in [0, 0.05) is 6.54 Å². The summed E-state index contributed by atoms with van der Waals surface area (Å²) in [6, 6.07) is 3.98. The lowest BCUT2D eigenvalue weighted by Crippen LogP contribution is -2.40. The third-order valence-electron chi connectivity index (χ3n) is 3.73. The van der Waals surface area contributed by atoms with Gasteiger partial charge in [-0.25, -0.2) is 0 Å². The molecule has 1 saturated heterocycles. The highest BCUT2D eigenvalue weighted by Crippen LogP contribution is 2.32. The quantitative estimate of drug-likeness (QED) is 0.684. The van der Waals surface area contributed by atoms with E-state index in [2.05, 4.69) is 0 Å². The second-order valence-corrected chi connectivity index (χ2v) is 5.31. The summed E-state index contributed by atoms with van der Waals surface area (Å²) in [7, 11) is 0. The van der Waals surface area contributed by atoms with Gasteiger partial charge in [-0.1, -0.05) is 24.6 Å². The molecule has 0 spiro atoms. The molecule has 7 heteroatoms. The molecule has 6 nitrogen and oxygen atoms in total. The van der Waals surface area contributed by atoms with Crippen molar-refractivity contribution in [3.8, 4) is 0 Å². The maximum atomic E-state index is 12.5. The second-order valence-electron chi connectivity index (χ2n) is 4.91. The SMILES string of the molecule is CC1CCN(C(=O)c2cccc(Cl)c2[N+](=O)[O-])C1CO. The smallest absolute Gasteiger partial charge is 0.300 e. The molecule has 1 aromatic rings. The van der Waals surface area contributed by atoms with Crippen LogP contribution in [0, 0.1) is 16.0 Å². The standard InChI is InChI=1S/C13H15ClN2O4/c1-8-5-6-15(11(8)7-17)13(18)9-3-2-4-10(14)12(9)16(19)20/h2-4,8,11,17H,5-7H2,1H3. The molecule has 1 aliphatic rings. The number of para-hydroxylation sites is 1. The van der Waals surface area contributed by atoms with E-state index in [4.69, 9.17) is 11.6 Å². The Morgan fingerprint density at radius 2 is 2.30 bits per heavy atom. The van der Waals surface area contributed by atoms with Crippen LogP contribution in [0.25, 0.3) is 0 Å². The third kappa shape index (κ3) is 2.48. The van der Waals surface area contributed by atoms with Gasteiger partial charge >= 0.3 is 5.69 Å². The summed E-state index contributed by atoms with van der Waals surface area (Å²) < 4.78 is 0. The first kappa shape index (κ1) is 14.7. The van der Waals surface area contributed by atoms with E-state index in [1.54, 1.807) is 0 Å². The van der Waals surface area contributed by atoms with E-state index in [0.717, 1.165) is 6.42 Å². The Morgan fingerprint density at radius 3 is 2.90 bits per heavy atom. The van der Waals surface area contributed by atoms with E-state index in [0.29, 0.717) is 6.54 Å².